The molecule has 1 saturated heterocycles. The van der Waals surface area contributed by atoms with Crippen LogP contribution in [0.2, 0.25) is 0 Å². The zero-order valence-corrected chi connectivity index (χ0v) is 13.2. The van der Waals surface area contributed by atoms with Gasteiger partial charge in [-0.3, -0.25) is 4.90 Å². The van der Waals surface area contributed by atoms with Gasteiger partial charge in [0.15, 0.2) is 0 Å². The van der Waals surface area contributed by atoms with Crippen LogP contribution in [0, 0.1) is 0 Å². The summed E-state index contributed by atoms with van der Waals surface area (Å²) in [6.45, 7) is 4.77. The third-order valence-electron chi connectivity index (χ3n) is 4.40. The summed E-state index contributed by atoms with van der Waals surface area (Å²) in [5.74, 6) is 0. The van der Waals surface area contributed by atoms with Gasteiger partial charge in [0.2, 0.25) is 0 Å². The Hall–Kier alpha value is -0.380. The molecule has 1 aliphatic carbocycles. The minimum absolute atomic E-state index is 0.525. The highest BCUT2D eigenvalue weighted by atomic mass is 79.9. The van der Waals surface area contributed by atoms with Gasteiger partial charge >= 0.3 is 0 Å². The first kappa shape index (κ1) is 13.6. The number of rotatable bonds is 4. The molecule has 1 aromatic carbocycles. The standard InChI is InChI=1S/C16H23BrN2/c1-12(13-4-6-14(17)7-5-13)19-10-2-3-16(11-19)18-15-8-9-15/h4-7,12,15-16,18H,2-3,8-11H2,1H3. The van der Waals surface area contributed by atoms with E-state index >= 15 is 0 Å². The Morgan fingerprint density at radius 1 is 1.16 bits per heavy atom. The molecule has 0 bridgehead atoms. The van der Waals surface area contributed by atoms with Gasteiger partial charge < -0.3 is 5.32 Å². The van der Waals surface area contributed by atoms with E-state index in [4.69, 9.17) is 0 Å². The molecule has 3 heteroatoms. The number of hydrogen-bond donors (Lipinski definition) is 1. The van der Waals surface area contributed by atoms with E-state index in [1.807, 2.05) is 0 Å². The van der Waals surface area contributed by atoms with Crippen LogP contribution in [0.5, 0.6) is 0 Å². The Morgan fingerprint density at radius 2 is 1.89 bits per heavy atom. The molecule has 19 heavy (non-hydrogen) atoms. The summed E-state index contributed by atoms with van der Waals surface area (Å²) in [4.78, 5) is 2.63. The molecule has 1 N–H and O–H groups in total. The molecule has 2 atom stereocenters. The zero-order chi connectivity index (χ0) is 13.2. The Kier molecular flexibility index (Phi) is 4.25. The molecule has 104 valence electrons. The summed E-state index contributed by atoms with van der Waals surface area (Å²) in [6, 6.07) is 10.8. The van der Waals surface area contributed by atoms with Crippen molar-refractivity contribution in [3.63, 3.8) is 0 Å². The lowest BCUT2D eigenvalue weighted by atomic mass is 10.0. The molecule has 3 rings (SSSR count). The number of piperidine rings is 1. The highest BCUT2D eigenvalue weighted by Gasteiger charge is 2.29. The van der Waals surface area contributed by atoms with Crippen molar-refractivity contribution >= 4 is 15.9 Å². The molecule has 2 fully saturated rings. The van der Waals surface area contributed by atoms with E-state index in [-0.39, 0.29) is 0 Å². The maximum absolute atomic E-state index is 3.79. The Bertz CT molecular complexity index is 413. The second-order valence-electron chi connectivity index (χ2n) is 6.00. The van der Waals surface area contributed by atoms with Gasteiger partial charge in [0.1, 0.15) is 0 Å². The van der Waals surface area contributed by atoms with Crippen LogP contribution in [0.25, 0.3) is 0 Å². The lowest BCUT2D eigenvalue weighted by molar-refractivity contribution is 0.145. The molecule has 0 aromatic heterocycles. The van der Waals surface area contributed by atoms with Crippen LogP contribution in [-0.4, -0.2) is 30.1 Å². The predicted octanol–water partition coefficient (Wildman–Crippen LogP) is 3.73. The molecule has 1 saturated carbocycles. The number of halogens is 1. The molecule has 0 spiro atoms. The van der Waals surface area contributed by atoms with Crippen molar-refractivity contribution in [1.29, 1.82) is 0 Å². The van der Waals surface area contributed by atoms with Gasteiger partial charge in [-0.25, -0.2) is 0 Å². The molecule has 1 aromatic rings. The monoisotopic (exact) mass is 322 g/mol. The lowest BCUT2D eigenvalue weighted by Gasteiger charge is -2.37. The number of hydrogen-bond acceptors (Lipinski definition) is 2. The van der Waals surface area contributed by atoms with E-state index in [1.165, 1.54) is 44.3 Å². The fraction of sp³-hybridized carbons (Fsp3) is 0.625. The van der Waals surface area contributed by atoms with Crippen LogP contribution in [0.1, 0.15) is 44.2 Å². The maximum Gasteiger partial charge on any atom is 0.0320 e. The normalized spacial score (nSPS) is 26.3. The van der Waals surface area contributed by atoms with Gasteiger partial charge in [-0.2, -0.15) is 0 Å². The van der Waals surface area contributed by atoms with Crippen molar-refractivity contribution in [2.75, 3.05) is 13.1 Å². The van der Waals surface area contributed by atoms with Crippen LogP contribution in [-0.2, 0) is 0 Å². The Balaban J connectivity index is 1.61. The Labute approximate surface area is 124 Å². The average Bonchev–Trinajstić information content (AvgIpc) is 3.23. The highest BCUT2D eigenvalue weighted by Crippen LogP contribution is 2.27. The van der Waals surface area contributed by atoms with E-state index in [9.17, 15) is 0 Å². The van der Waals surface area contributed by atoms with E-state index < -0.39 is 0 Å². The first-order chi connectivity index (χ1) is 9.22. The van der Waals surface area contributed by atoms with Gasteiger partial charge in [-0.1, -0.05) is 28.1 Å². The Morgan fingerprint density at radius 3 is 2.58 bits per heavy atom. The van der Waals surface area contributed by atoms with Crippen LogP contribution in [0.15, 0.2) is 28.7 Å². The van der Waals surface area contributed by atoms with Crippen LogP contribution >= 0.6 is 15.9 Å². The molecular weight excluding hydrogens is 300 g/mol. The number of benzene rings is 1. The van der Waals surface area contributed by atoms with Gasteiger partial charge in [0.25, 0.3) is 0 Å². The van der Waals surface area contributed by atoms with Gasteiger partial charge in [-0.15, -0.1) is 0 Å². The number of likely N-dealkylation sites (tertiary alicyclic amines) is 1. The summed E-state index contributed by atoms with van der Waals surface area (Å²) >= 11 is 3.51. The fourth-order valence-corrected chi connectivity index (χ4v) is 3.29. The van der Waals surface area contributed by atoms with Gasteiger partial charge in [-0.05, 0) is 56.8 Å². The third kappa shape index (κ3) is 3.59. The van der Waals surface area contributed by atoms with E-state index in [0.717, 1.165) is 10.5 Å². The fourth-order valence-electron chi connectivity index (χ4n) is 3.03. The molecule has 1 heterocycles. The smallest absolute Gasteiger partial charge is 0.0320 e. The second-order valence-corrected chi connectivity index (χ2v) is 6.92. The third-order valence-corrected chi connectivity index (χ3v) is 4.93. The minimum atomic E-state index is 0.525. The first-order valence-electron chi connectivity index (χ1n) is 7.48. The van der Waals surface area contributed by atoms with Crippen LogP contribution in [0.4, 0.5) is 0 Å². The van der Waals surface area contributed by atoms with E-state index in [1.54, 1.807) is 0 Å². The quantitative estimate of drug-likeness (QED) is 0.908. The number of nitrogens with zero attached hydrogens (tertiary/aromatic N) is 1. The molecule has 2 nitrogen and oxygen atoms in total. The minimum Gasteiger partial charge on any atom is -0.310 e. The maximum atomic E-state index is 3.79. The highest BCUT2D eigenvalue weighted by molar-refractivity contribution is 9.10. The molecule has 2 unspecified atom stereocenters. The average molecular weight is 323 g/mol. The van der Waals surface area contributed by atoms with Crippen LogP contribution in [0.3, 0.4) is 0 Å². The van der Waals surface area contributed by atoms with Crippen molar-refractivity contribution < 1.29 is 0 Å². The SMILES string of the molecule is CC(c1ccc(Br)cc1)N1CCCC(NC2CC2)C1. The molecule has 0 amide bonds. The van der Waals surface area contributed by atoms with Gasteiger partial charge in [0, 0.05) is 29.1 Å². The molecular formula is C16H23BrN2. The largest absolute Gasteiger partial charge is 0.310 e. The summed E-state index contributed by atoms with van der Waals surface area (Å²) in [5.41, 5.74) is 1.43. The van der Waals surface area contributed by atoms with Crippen LogP contribution < -0.4 is 5.32 Å². The van der Waals surface area contributed by atoms with Gasteiger partial charge in [0.05, 0.1) is 0 Å². The summed E-state index contributed by atoms with van der Waals surface area (Å²) < 4.78 is 1.16. The predicted molar refractivity (Wildman–Crippen MR) is 83.3 cm³/mol. The second kappa shape index (κ2) is 5.94. The van der Waals surface area contributed by atoms with Crippen molar-refractivity contribution in [3.8, 4) is 0 Å². The lowest BCUT2D eigenvalue weighted by Crippen LogP contribution is -2.47. The summed E-state index contributed by atoms with van der Waals surface area (Å²) in [6.07, 6.45) is 5.45. The molecule has 0 radical (unpaired) electrons. The molecule has 2 aliphatic rings. The summed E-state index contributed by atoms with van der Waals surface area (Å²) in [7, 11) is 0. The number of nitrogens with one attached hydrogen (secondary N) is 1. The topological polar surface area (TPSA) is 15.3 Å². The van der Waals surface area contributed by atoms with Crippen molar-refractivity contribution in [2.45, 2.75) is 50.7 Å². The summed E-state index contributed by atoms with van der Waals surface area (Å²) in [5, 5.41) is 3.79. The van der Waals surface area contributed by atoms with Crippen molar-refractivity contribution in [3.05, 3.63) is 34.3 Å². The first-order valence-corrected chi connectivity index (χ1v) is 8.27. The van der Waals surface area contributed by atoms with Crippen molar-refractivity contribution in [1.82, 2.24) is 10.2 Å². The molecule has 1 aliphatic heterocycles. The van der Waals surface area contributed by atoms with E-state index in [2.05, 4.69) is 57.3 Å². The zero-order valence-electron chi connectivity index (χ0n) is 11.6. The van der Waals surface area contributed by atoms with Crippen molar-refractivity contribution in [2.24, 2.45) is 0 Å². The van der Waals surface area contributed by atoms with E-state index in [0.29, 0.717) is 12.1 Å².